The van der Waals surface area contributed by atoms with Crippen molar-refractivity contribution in [3.63, 3.8) is 0 Å². The van der Waals surface area contributed by atoms with Gasteiger partial charge in [-0.2, -0.15) is 13.2 Å². The first-order valence-corrected chi connectivity index (χ1v) is 8.12. The van der Waals surface area contributed by atoms with Crippen molar-refractivity contribution in [1.82, 2.24) is 0 Å². The van der Waals surface area contributed by atoms with Gasteiger partial charge in [0.05, 0.1) is 16.1 Å². The van der Waals surface area contributed by atoms with Gasteiger partial charge in [0.1, 0.15) is 11.6 Å². The molecule has 10 heteroatoms. The lowest BCUT2D eigenvalue weighted by Gasteiger charge is -2.13. The van der Waals surface area contributed by atoms with Crippen molar-refractivity contribution in [3.05, 3.63) is 58.1 Å². The van der Waals surface area contributed by atoms with E-state index >= 15 is 0 Å². The van der Waals surface area contributed by atoms with Gasteiger partial charge in [0.25, 0.3) is 10.0 Å². The molecule has 0 bridgehead atoms. The fourth-order valence-corrected chi connectivity index (χ4v) is 3.25. The number of benzene rings is 2. The maximum Gasteiger partial charge on any atom is 0.417 e. The van der Waals surface area contributed by atoms with Crippen LogP contribution in [0.25, 0.3) is 0 Å². The highest BCUT2D eigenvalue weighted by Gasteiger charge is 2.34. The maximum atomic E-state index is 13.0. The minimum Gasteiger partial charge on any atom is -0.279 e. The van der Waals surface area contributed by atoms with Gasteiger partial charge in [-0.05, 0) is 30.3 Å². The molecule has 2 aromatic rings. The van der Waals surface area contributed by atoms with E-state index < -0.39 is 44.0 Å². The quantitative estimate of drug-likeness (QED) is 0.747. The zero-order valence-electron chi connectivity index (χ0n) is 11.0. The van der Waals surface area contributed by atoms with Crippen LogP contribution in [0.4, 0.5) is 27.6 Å². The number of anilines is 1. The largest absolute Gasteiger partial charge is 0.417 e. The Bertz CT molecular complexity index is 832. The summed E-state index contributed by atoms with van der Waals surface area (Å²) in [6.07, 6.45) is -4.77. The van der Waals surface area contributed by atoms with E-state index in [1.807, 2.05) is 4.72 Å². The third kappa shape index (κ3) is 4.20. The first kappa shape index (κ1) is 17.7. The van der Waals surface area contributed by atoms with E-state index in [9.17, 15) is 30.4 Å². The molecule has 0 saturated carbocycles. The Morgan fingerprint density at radius 3 is 2.04 bits per heavy atom. The van der Waals surface area contributed by atoms with Crippen LogP contribution in [-0.2, 0) is 16.2 Å². The van der Waals surface area contributed by atoms with Crippen LogP contribution in [-0.4, -0.2) is 8.42 Å². The molecule has 0 radical (unpaired) electrons. The van der Waals surface area contributed by atoms with E-state index in [4.69, 9.17) is 0 Å². The molecule has 0 aliphatic carbocycles. The molecule has 0 unspecified atom stereocenters. The van der Waals surface area contributed by atoms with E-state index in [1.165, 1.54) is 0 Å². The Morgan fingerprint density at radius 2 is 1.52 bits per heavy atom. The lowest BCUT2D eigenvalue weighted by atomic mass is 10.2. The monoisotopic (exact) mass is 415 g/mol. The van der Waals surface area contributed by atoms with Gasteiger partial charge in [-0.25, -0.2) is 17.2 Å². The average molecular weight is 416 g/mol. The van der Waals surface area contributed by atoms with Crippen LogP contribution in [0.5, 0.6) is 0 Å². The molecule has 0 aliphatic heterocycles. The molecular weight excluding hydrogens is 409 g/mol. The maximum absolute atomic E-state index is 13.0. The summed E-state index contributed by atoms with van der Waals surface area (Å²) in [5.41, 5.74) is -1.63. The second-order valence-corrected chi connectivity index (χ2v) is 6.94. The molecule has 0 heterocycles. The van der Waals surface area contributed by atoms with Gasteiger partial charge in [-0.3, -0.25) is 4.72 Å². The second kappa shape index (κ2) is 6.08. The molecule has 0 aliphatic rings. The topological polar surface area (TPSA) is 46.2 Å². The molecule has 0 spiro atoms. The number of rotatable bonds is 3. The van der Waals surface area contributed by atoms with Crippen LogP contribution in [0, 0.1) is 11.6 Å². The molecule has 0 amide bonds. The molecule has 0 aromatic heterocycles. The first-order chi connectivity index (χ1) is 10.5. The van der Waals surface area contributed by atoms with Crippen molar-refractivity contribution >= 4 is 31.6 Å². The normalized spacial score (nSPS) is 12.3. The van der Waals surface area contributed by atoms with Crippen molar-refractivity contribution in [3.8, 4) is 0 Å². The lowest BCUT2D eigenvalue weighted by Crippen LogP contribution is -2.15. The van der Waals surface area contributed by atoms with Crippen LogP contribution in [0.3, 0.4) is 0 Å². The van der Waals surface area contributed by atoms with Crippen LogP contribution in [0.15, 0.2) is 45.8 Å². The average Bonchev–Trinajstić information content (AvgIpc) is 2.35. The van der Waals surface area contributed by atoms with Gasteiger partial charge in [-0.1, -0.05) is 15.9 Å². The van der Waals surface area contributed by atoms with Crippen molar-refractivity contribution in [2.45, 2.75) is 11.1 Å². The van der Waals surface area contributed by atoms with Gasteiger partial charge in [0.2, 0.25) is 0 Å². The fraction of sp³-hybridized carbons (Fsp3) is 0.0769. The number of hydrogen-bond donors (Lipinski definition) is 1. The van der Waals surface area contributed by atoms with Gasteiger partial charge in [0.15, 0.2) is 0 Å². The summed E-state index contributed by atoms with van der Waals surface area (Å²) in [6, 6.07) is 4.19. The van der Waals surface area contributed by atoms with E-state index in [-0.39, 0.29) is 4.47 Å². The molecule has 124 valence electrons. The number of hydrogen-bond acceptors (Lipinski definition) is 2. The molecule has 0 atom stereocenters. The molecule has 1 N–H and O–H groups in total. The summed E-state index contributed by atoms with van der Waals surface area (Å²) >= 11 is 2.68. The van der Waals surface area contributed by atoms with Crippen LogP contribution in [0.2, 0.25) is 0 Å². The number of nitrogens with one attached hydrogen (secondary N) is 1. The van der Waals surface area contributed by atoms with Gasteiger partial charge < -0.3 is 0 Å². The minimum absolute atomic E-state index is 0.333. The van der Waals surface area contributed by atoms with E-state index in [0.29, 0.717) is 24.3 Å². The summed E-state index contributed by atoms with van der Waals surface area (Å²) in [5, 5.41) is 0. The molecule has 0 fully saturated rings. The fourth-order valence-electron chi connectivity index (χ4n) is 1.72. The lowest BCUT2D eigenvalue weighted by molar-refractivity contribution is -0.138. The highest BCUT2D eigenvalue weighted by molar-refractivity contribution is 9.10. The Morgan fingerprint density at radius 1 is 0.957 bits per heavy atom. The van der Waals surface area contributed by atoms with E-state index in [2.05, 4.69) is 15.9 Å². The summed E-state index contributed by atoms with van der Waals surface area (Å²) in [7, 11) is -4.45. The van der Waals surface area contributed by atoms with Gasteiger partial charge in [-0.15, -0.1) is 0 Å². The van der Waals surface area contributed by atoms with Crippen LogP contribution in [0.1, 0.15) is 5.56 Å². The summed E-state index contributed by atoms with van der Waals surface area (Å²) in [5.74, 6) is -2.07. The zero-order valence-corrected chi connectivity index (χ0v) is 13.4. The Kier molecular flexibility index (Phi) is 4.67. The van der Waals surface area contributed by atoms with Crippen molar-refractivity contribution in [2.75, 3.05) is 4.72 Å². The minimum atomic E-state index is -4.77. The Labute approximate surface area is 136 Å². The third-order valence-corrected chi connectivity index (χ3v) is 4.74. The first-order valence-electron chi connectivity index (χ1n) is 5.85. The summed E-state index contributed by atoms with van der Waals surface area (Å²) in [4.78, 5) is -0.697. The van der Waals surface area contributed by atoms with Crippen LogP contribution < -0.4 is 4.72 Å². The molecule has 0 saturated heterocycles. The molecule has 23 heavy (non-hydrogen) atoms. The Hall–Kier alpha value is -1.68. The number of sulfonamides is 1. The second-order valence-electron chi connectivity index (χ2n) is 4.40. The van der Waals surface area contributed by atoms with Gasteiger partial charge in [0, 0.05) is 10.5 Å². The molecular formula is C13H7BrF5NO2S. The van der Waals surface area contributed by atoms with Crippen molar-refractivity contribution in [1.29, 1.82) is 0 Å². The van der Waals surface area contributed by atoms with Crippen LogP contribution >= 0.6 is 15.9 Å². The summed E-state index contributed by atoms with van der Waals surface area (Å²) < 4.78 is 90.2. The van der Waals surface area contributed by atoms with Gasteiger partial charge >= 0.3 is 6.18 Å². The highest BCUT2D eigenvalue weighted by atomic mass is 79.9. The zero-order chi connectivity index (χ0) is 17.4. The number of alkyl halides is 3. The smallest absolute Gasteiger partial charge is 0.279 e. The molecule has 3 nitrogen and oxygen atoms in total. The van der Waals surface area contributed by atoms with Crippen molar-refractivity contribution < 1.29 is 30.4 Å². The predicted octanol–water partition coefficient (Wildman–Crippen LogP) is 4.55. The SMILES string of the molecule is O=S(=O)(Nc1cc(F)cc(F)c1)c1ccc(Br)c(C(F)(F)F)c1. The van der Waals surface area contributed by atoms with Crippen molar-refractivity contribution in [2.24, 2.45) is 0 Å². The third-order valence-electron chi connectivity index (χ3n) is 2.67. The molecule has 2 aromatic carbocycles. The number of halogens is 6. The molecule has 2 rings (SSSR count). The van der Waals surface area contributed by atoms with E-state index in [1.54, 1.807) is 0 Å². The highest BCUT2D eigenvalue weighted by Crippen LogP contribution is 2.36. The predicted molar refractivity (Wildman–Crippen MR) is 76.3 cm³/mol. The van der Waals surface area contributed by atoms with E-state index in [0.717, 1.165) is 12.1 Å². The summed E-state index contributed by atoms with van der Waals surface area (Å²) in [6.45, 7) is 0. The standard InChI is InChI=1S/C13H7BrF5NO2S/c14-12-2-1-10(6-11(12)13(17,18)19)23(21,22)20-9-4-7(15)3-8(16)5-9/h1-6,20H. The Balaban J connectivity index is 2.44.